The Morgan fingerprint density at radius 2 is 2.20 bits per heavy atom. The summed E-state index contributed by atoms with van der Waals surface area (Å²) in [5.74, 6) is 4.33. The number of likely N-dealkylation sites (N-methyl/N-ethyl adjacent to an activating group) is 1. The molecule has 1 aromatic carbocycles. The van der Waals surface area contributed by atoms with Crippen LogP contribution in [-0.2, 0) is 0 Å². The molecular formula is C15H18FNO3. The van der Waals surface area contributed by atoms with Crippen molar-refractivity contribution in [2.24, 2.45) is 0 Å². The fraction of sp³-hybridized carbons (Fsp3) is 0.400. The van der Waals surface area contributed by atoms with E-state index >= 15 is 0 Å². The Balaban J connectivity index is 2.97. The molecule has 1 amide bonds. The zero-order valence-corrected chi connectivity index (χ0v) is 11.6. The van der Waals surface area contributed by atoms with Crippen molar-refractivity contribution in [2.45, 2.75) is 19.4 Å². The summed E-state index contributed by atoms with van der Waals surface area (Å²) in [6, 6.07) is 4.04. The van der Waals surface area contributed by atoms with Crippen LogP contribution >= 0.6 is 0 Å². The summed E-state index contributed by atoms with van der Waals surface area (Å²) < 4.78 is 13.7. The number of aliphatic hydroxyl groups excluding tert-OH is 2. The van der Waals surface area contributed by atoms with Gasteiger partial charge in [-0.15, -0.1) is 0 Å². The minimum absolute atomic E-state index is 0.0445. The number of rotatable bonds is 4. The summed E-state index contributed by atoms with van der Waals surface area (Å²) in [6.45, 7) is 1.63. The van der Waals surface area contributed by atoms with E-state index in [2.05, 4.69) is 11.8 Å². The maximum absolute atomic E-state index is 13.7. The lowest BCUT2D eigenvalue weighted by Crippen LogP contribution is -2.33. The summed E-state index contributed by atoms with van der Waals surface area (Å²) in [7, 11) is 1.50. The van der Waals surface area contributed by atoms with Crippen LogP contribution in [0.5, 0.6) is 0 Å². The number of benzene rings is 1. The summed E-state index contributed by atoms with van der Waals surface area (Å²) in [5.41, 5.74) is 0.428. The zero-order valence-electron chi connectivity index (χ0n) is 11.6. The predicted octanol–water partition coefficient (Wildman–Crippen LogP) is 1.01. The number of hydrogen-bond acceptors (Lipinski definition) is 3. The van der Waals surface area contributed by atoms with Crippen LogP contribution < -0.4 is 0 Å². The van der Waals surface area contributed by atoms with Crippen LogP contribution in [0.4, 0.5) is 4.39 Å². The van der Waals surface area contributed by atoms with E-state index in [1.165, 1.54) is 30.1 Å². The van der Waals surface area contributed by atoms with Crippen LogP contribution in [0.2, 0.25) is 0 Å². The van der Waals surface area contributed by atoms with E-state index < -0.39 is 17.8 Å². The van der Waals surface area contributed by atoms with Gasteiger partial charge in [0, 0.05) is 25.6 Å². The number of hydrogen-bond donors (Lipinski definition) is 2. The lowest BCUT2D eigenvalue weighted by molar-refractivity contribution is 0.0699. The average Bonchev–Trinajstić information content (AvgIpc) is 2.39. The molecule has 0 aromatic heterocycles. The van der Waals surface area contributed by atoms with Crippen molar-refractivity contribution in [3.63, 3.8) is 0 Å². The highest BCUT2D eigenvalue weighted by Gasteiger charge is 2.17. The van der Waals surface area contributed by atoms with Gasteiger partial charge in [0.05, 0.1) is 18.3 Å². The molecule has 20 heavy (non-hydrogen) atoms. The van der Waals surface area contributed by atoms with E-state index in [1.54, 1.807) is 6.92 Å². The first-order chi connectivity index (χ1) is 9.45. The molecule has 5 heteroatoms. The summed E-state index contributed by atoms with van der Waals surface area (Å²) in [5, 5.41) is 17.9. The van der Waals surface area contributed by atoms with Gasteiger partial charge in [0.2, 0.25) is 0 Å². The molecule has 4 nitrogen and oxygen atoms in total. The van der Waals surface area contributed by atoms with Gasteiger partial charge in [0.25, 0.3) is 5.91 Å². The molecule has 1 aromatic rings. The summed E-state index contributed by atoms with van der Waals surface area (Å²) in [4.78, 5) is 13.3. The Bertz CT molecular complexity index is 532. The normalized spacial score (nSPS) is 11.4. The van der Waals surface area contributed by atoms with Crippen LogP contribution in [0.15, 0.2) is 18.2 Å². The van der Waals surface area contributed by atoms with Crippen LogP contribution in [0.25, 0.3) is 0 Å². The predicted molar refractivity (Wildman–Crippen MR) is 73.6 cm³/mol. The van der Waals surface area contributed by atoms with E-state index in [0.29, 0.717) is 12.0 Å². The maximum Gasteiger partial charge on any atom is 0.256 e. The van der Waals surface area contributed by atoms with E-state index in [1.807, 2.05) is 0 Å². The Morgan fingerprint density at radius 3 is 2.80 bits per heavy atom. The van der Waals surface area contributed by atoms with E-state index in [9.17, 15) is 14.3 Å². The third-order valence-electron chi connectivity index (χ3n) is 2.55. The highest BCUT2D eigenvalue weighted by Crippen LogP contribution is 2.12. The van der Waals surface area contributed by atoms with Gasteiger partial charge in [0.15, 0.2) is 0 Å². The van der Waals surface area contributed by atoms with Crippen molar-refractivity contribution >= 4 is 5.91 Å². The second-order valence-corrected chi connectivity index (χ2v) is 4.50. The van der Waals surface area contributed by atoms with Crippen molar-refractivity contribution in [1.82, 2.24) is 4.90 Å². The minimum atomic E-state index is -0.681. The highest BCUT2D eigenvalue weighted by molar-refractivity contribution is 5.94. The molecule has 0 spiro atoms. The van der Waals surface area contributed by atoms with Gasteiger partial charge in [0.1, 0.15) is 5.82 Å². The van der Waals surface area contributed by atoms with Gasteiger partial charge in [-0.3, -0.25) is 4.79 Å². The quantitative estimate of drug-likeness (QED) is 0.809. The van der Waals surface area contributed by atoms with Crippen molar-refractivity contribution in [2.75, 3.05) is 20.2 Å². The Hall–Kier alpha value is -1.90. The highest BCUT2D eigenvalue weighted by atomic mass is 19.1. The SMILES string of the molecule is CC(O)CN(C)C(=O)c1cc(C#CCCO)ccc1F. The third-order valence-corrected chi connectivity index (χ3v) is 2.55. The van der Waals surface area contributed by atoms with E-state index in [0.717, 1.165) is 0 Å². The molecule has 0 saturated heterocycles. The number of carbonyl (C=O) groups is 1. The number of amides is 1. The molecule has 2 N–H and O–H groups in total. The van der Waals surface area contributed by atoms with Crippen LogP contribution in [0, 0.1) is 17.7 Å². The van der Waals surface area contributed by atoms with Crippen molar-refractivity contribution in [1.29, 1.82) is 0 Å². The Labute approximate surface area is 117 Å². The zero-order chi connectivity index (χ0) is 15.1. The first kappa shape index (κ1) is 16.2. The van der Waals surface area contributed by atoms with Gasteiger partial charge < -0.3 is 15.1 Å². The standard InChI is InChI=1S/C15H18FNO3/c1-11(19)10-17(2)15(20)13-9-12(5-3-4-8-18)6-7-14(13)16/h6-7,9,11,18-19H,4,8,10H2,1-2H3. The lowest BCUT2D eigenvalue weighted by Gasteiger charge is -2.19. The molecule has 0 fully saturated rings. The monoisotopic (exact) mass is 279 g/mol. The second-order valence-electron chi connectivity index (χ2n) is 4.50. The molecule has 0 aliphatic carbocycles. The molecule has 0 bridgehead atoms. The Kier molecular flexibility index (Phi) is 6.16. The van der Waals surface area contributed by atoms with Gasteiger partial charge in [-0.2, -0.15) is 0 Å². The number of halogens is 1. The molecule has 0 radical (unpaired) electrons. The van der Waals surface area contributed by atoms with Gasteiger partial charge in [-0.05, 0) is 25.1 Å². The molecule has 0 aliphatic heterocycles. The summed E-state index contributed by atoms with van der Waals surface area (Å²) in [6.07, 6.45) is -0.359. The molecule has 1 rings (SSSR count). The second kappa shape index (κ2) is 7.63. The first-order valence-electron chi connectivity index (χ1n) is 6.28. The third kappa shape index (κ3) is 4.65. The van der Waals surface area contributed by atoms with Crippen LogP contribution in [0.3, 0.4) is 0 Å². The fourth-order valence-corrected chi connectivity index (χ4v) is 1.67. The van der Waals surface area contributed by atoms with Gasteiger partial charge in [-0.25, -0.2) is 4.39 Å². The maximum atomic E-state index is 13.7. The number of aliphatic hydroxyl groups is 2. The van der Waals surface area contributed by atoms with Crippen molar-refractivity contribution in [3.05, 3.63) is 35.1 Å². The lowest BCUT2D eigenvalue weighted by atomic mass is 10.1. The van der Waals surface area contributed by atoms with Gasteiger partial charge in [-0.1, -0.05) is 11.8 Å². The molecule has 0 saturated carbocycles. The van der Waals surface area contributed by atoms with E-state index in [-0.39, 0.29) is 18.7 Å². The van der Waals surface area contributed by atoms with Crippen molar-refractivity contribution in [3.8, 4) is 11.8 Å². The topological polar surface area (TPSA) is 60.8 Å². The van der Waals surface area contributed by atoms with Gasteiger partial charge >= 0.3 is 0 Å². The molecule has 1 unspecified atom stereocenters. The Morgan fingerprint density at radius 1 is 1.50 bits per heavy atom. The molecule has 108 valence electrons. The fourth-order valence-electron chi connectivity index (χ4n) is 1.67. The van der Waals surface area contributed by atoms with Crippen LogP contribution in [-0.4, -0.2) is 47.3 Å². The largest absolute Gasteiger partial charge is 0.395 e. The smallest absolute Gasteiger partial charge is 0.256 e. The van der Waals surface area contributed by atoms with Crippen molar-refractivity contribution < 1.29 is 19.4 Å². The summed E-state index contributed by atoms with van der Waals surface area (Å²) >= 11 is 0. The molecule has 0 heterocycles. The molecule has 1 atom stereocenters. The van der Waals surface area contributed by atoms with E-state index in [4.69, 9.17) is 5.11 Å². The molecule has 0 aliphatic rings. The van der Waals surface area contributed by atoms with Crippen LogP contribution in [0.1, 0.15) is 29.3 Å². The average molecular weight is 279 g/mol. The minimum Gasteiger partial charge on any atom is -0.395 e. The number of nitrogens with zero attached hydrogens (tertiary/aromatic N) is 1. The number of carbonyl (C=O) groups excluding carboxylic acids is 1. The molecular weight excluding hydrogens is 261 g/mol. The first-order valence-corrected chi connectivity index (χ1v) is 6.28.